The van der Waals surface area contributed by atoms with Gasteiger partial charge in [-0.15, -0.1) is 13.2 Å². The molecule has 0 aliphatic rings. The van der Waals surface area contributed by atoms with Gasteiger partial charge in [-0.3, -0.25) is 14.4 Å². The van der Waals surface area contributed by atoms with Crippen LogP contribution in [0.2, 0.25) is 0 Å². The lowest BCUT2D eigenvalue weighted by molar-refractivity contribution is -0.153. The first-order chi connectivity index (χ1) is 16.4. The highest BCUT2D eigenvalue weighted by atomic mass is 16.5. The van der Waals surface area contributed by atoms with Gasteiger partial charge in [0.25, 0.3) is 0 Å². The number of allylic oxidation sites excluding steroid dienone is 2. The summed E-state index contributed by atoms with van der Waals surface area (Å²) in [6.07, 6.45) is 4.15. The summed E-state index contributed by atoms with van der Waals surface area (Å²) in [5.41, 5.74) is 1.04. The van der Waals surface area contributed by atoms with Crippen LogP contribution in [0.15, 0.2) is 55.6 Å². The molecule has 0 fully saturated rings. The van der Waals surface area contributed by atoms with E-state index in [0.29, 0.717) is 25.8 Å². The van der Waals surface area contributed by atoms with E-state index < -0.39 is 12.0 Å². The number of carbonyl (C=O) groups is 3. The lowest BCUT2D eigenvalue weighted by Crippen LogP contribution is -2.39. The molecule has 34 heavy (non-hydrogen) atoms. The lowest BCUT2D eigenvalue weighted by Gasteiger charge is -2.20. The molecule has 1 aromatic carbocycles. The van der Waals surface area contributed by atoms with Crippen LogP contribution in [0.25, 0.3) is 0 Å². The number of hydrogen-bond donors (Lipinski definition) is 3. The number of carbonyl (C=O) groups excluding carboxylic acids is 3. The van der Waals surface area contributed by atoms with Gasteiger partial charge in [0.15, 0.2) is 0 Å². The highest BCUT2D eigenvalue weighted by molar-refractivity contribution is 5.86. The van der Waals surface area contributed by atoms with Crippen molar-refractivity contribution in [2.24, 2.45) is 11.8 Å². The SMILES string of the molecule is C=CC[C@@H](CC(=O)NCCOCCO)C(=O)NC[C@H](C)OC(=O)[C@H](CC=C)Cc1ccccc1. The van der Waals surface area contributed by atoms with Crippen molar-refractivity contribution >= 4 is 17.8 Å². The average Bonchev–Trinajstić information content (AvgIpc) is 2.82. The Morgan fingerprint density at radius 1 is 1.03 bits per heavy atom. The number of esters is 1. The van der Waals surface area contributed by atoms with E-state index in [1.807, 2.05) is 30.3 Å². The van der Waals surface area contributed by atoms with Crippen LogP contribution in [0.5, 0.6) is 0 Å². The maximum absolute atomic E-state index is 12.7. The molecule has 0 bridgehead atoms. The zero-order valence-corrected chi connectivity index (χ0v) is 20.0. The number of benzene rings is 1. The molecular weight excluding hydrogens is 436 g/mol. The Morgan fingerprint density at radius 3 is 2.35 bits per heavy atom. The molecule has 0 spiro atoms. The summed E-state index contributed by atoms with van der Waals surface area (Å²) in [4.78, 5) is 37.4. The van der Waals surface area contributed by atoms with Gasteiger partial charge < -0.3 is 25.2 Å². The van der Waals surface area contributed by atoms with Crippen molar-refractivity contribution < 1.29 is 29.0 Å². The number of nitrogens with one attached hydrogen (secondary N) is 2. The van der Waals surface area contributed by atoms with E-state index in [4.69, 9.17) is 14.6 Å². The van der Waals surface area contributed by atoms with E-state index in [2.05, 4.69) is 23.8 Å². The summed E-state index contributed by atoms with van der Waals surface area (Å²) in [6.45, 7) is 9.96. The predicted octanol–water partition coefficient (Wildman–Crippen LogP) is 2.18. The maximum atomic E-state index is 12.7. The second-order valence-corrected chi connectivity index (χ2v) is 8.02. The molecule has 3 atom stereocenters. The molecule has 1 rings (SSSR count). The van der Waals surface area contributed by atoms with Crippen LogP contribution in [-0.2, 0) is 30.3 Å². The smallest absolute Gasteiger partial charge is 0.309 e. The fourth-order valence-electron chi connectivity index (χ4n) is 3.30. The molecule has 0 radical (unpaired) electrons. The van der Waals surface area contributed by atoms with Gasteiger partial charge in [-0.2, -0.15) is 0 Å². The van der Waals surface area contributed by atoms with Crippen molar-refractivity contribution in [1.82, 2.24) is 10.6 Å². The summed E-state index contributed by atoms with van der Waals surface area (Å²) in [6, 6.07) is 9.70. The monoisotopic (exact) mass is 474 g/mol. The standard InChI is InChI=1S/C26H38N2O6/c1-4-9-22(18-24(30)27-13-15-33-16-14-29)25(31)28-19-20(3)34-26(32)23(10-5-2)17-21-11-7-6-8-12-21/h4-8,11-12,20,22-23,29H,1-2,9-10,13-19H2,3H3,(H,27,30)(H,28,31)/t20-,22-,23+/m0/s1. The average molecular weight is 475 g/mol. The first kappa shape index (κ1) is 29.1. The van der Waals surface area contributed by atoms with Gasteiger partial charge in [0.2, 0.25) is 11.8 Å². The Balaban J connectivity index is 2.49. The van der Waals surface area contributed by atoms with Crippen LogP contribution in [0.4, 0.5) is 0 Å². The Morgan fingerprint density at radius 2 is 1.71 bits per heavy atom. The molecule has 2 amide bonds. The van der Waals surface area contributed by atoms with E-state index in [1.54, 1.807) is 19.1 Å². The minimum absolute atomic E-state index is 0.00447. The molecule has 3 N–H and O–H groups in total. The van der Waals surface area contributed by atoms with Crippen LogP contribution in [-0.4, -0.2) is 61.9 Å². The Hall–Kier alpha value is -2.97. The topological polar surface area (TPSA) is 114 Å². The first-order valence-corrected chi connectivity index (χ1v) is 11.6. The zero-order valence-electron chi connectivity index (χ0n) is 20.0. The molecule has 0 aliphatic heterocycles. The third-order valence-corrected chi connectivity index (χ3v) is 5.05. The highest BCUT2D eigenvalue weighted by Crippen LogP contribution is 2.16. The molecular formula is C26H38N2O6. The van der Waals surface area contributed by atoms with E-state index in [1.165, 1.54) is 0 Å². The van der Waals surface area contributed by atoms with Crippen LogP contribution in [0, 0.1) is 11.8 Å². The van der Waals surface area contributed by atoms with Gasteiger partial charge in [-0.05, 0) is 31.7 Å². The third-order valence-electron chi connectivity index (χ3n) is 5.05. The Labute approximate surface area is 202 Å². The second-order valence-electron chi connectivity index (χ2n) is 8.02. The Bertz CT molecular complexity index is 768. The summed E-state index contributed by atoms with van der Waals surface area (Å²) in [5, 5.41) is 14.1. The van der Waals surface area contributed by atoms with Gasteiger partial charge in [-0.25, -0.2) is 0 Å². The number of amides is 2. The number of aliphatic hydroxyl groups excluding tert-OH is 1. The van der Waals surface area contributed by atoms with Gasteiger partial charge in [0, 0.05) is 13.0 Å². The van der Waals surface area contributed by atoms with Gasteiger partial charge in [0.1, 0.15) is 6.10 Å². The summed E-state index contributed by atoms with van der Waals surface area (Å²) >= 11 is 0. The minimum Gasteiger partial charge on any atom is -0.461 e. The lowest BCUT2D eigenvalue weighted by atomic mass is 9.96. The van der Waals surface area contributed by atoms with Crippen LogP contribution < -0.4 is 10.6 Å². The summed E-state index contributed by atoms with van der Waals surface area (Å²) in [5.74, 6) is -1.85. The Kier molecular flexibility index (Phi) is 15.0. The third kappa shape index (κ3) is 12.3. The van der Waals surface area contributed by atoms with E-state index in [-0.39, 0.29) is 56.5 Å². The van der Waals surface area contributed by atoms with Gasteiger partial charge >= 0.3 is 5.97 Å². The molecule has 0 aliphatic carbocycles. The number of aliphatic hydroxyl groups is 1. The van der Waals surface area contributed by atoms with Crippen molar-refractivity contribution in [2.45, 2.75) is 38.7 Å². The van der Waals surface area contributed by atoms with E-state index in [0.717, 1.165) is 5.56 Å². The van der Waals surface area contributed by atoms with Crippen LogP contribution in [0.3, 0.4) is 0 Å². The van der Waals surface area contributed by atoms with Crippen molar-refractivity contribution in [3.8, 4) is 0 Å². The molecule has 8 heteroatoms. The molecule has 8 nitrogen and oxygen atoms in total. The fourth-order valence-corrected chi connectivity index (χ4v) is 3.30. The molecule has 188 valence electrons. The summed E-state index contributed by atoms with van der Waals surface area (Å²) in [7, 11) is 0. The molecule has 0 unspecified atom stereocenters. The first-order valence-electron chi connectivity index (χ1n) is 11.6. The molecule has 0 saturated heterocycles. The normalized spacial score (nSPS) is 13.2. The summed E-state index contributed by atoms with van der Waals surface area (Å²) < 4.78 is 10.6. The van der Waals surface area contributed by atoms with Crippen molar-refractivity contribution in [3.05, 3.63) is 61.2 Å². The van der Waals surface area contributed by atoms with Gasteiger partial charge in [0.05, 0.1) is 38.2 Å². The fraction of sp³-hybridized carbons (Fsp3) is 0.500. The van der Waals surface area contributed by atoms with Crippen LogP contribution >= 0.6 is 0 Å². The van der Waals surface area contributed by atoms with E-state index >= 15 is 0 Å². The van der Waals surface area contributed by atoms with E-state index in [9.17, 15) is 14.4 Å². The highest BCUT2D eigenvalue weighted by Gasteiger charge is 2.24. The quantitative estimate of drug-likeness (QED) is 0.171. The number of ether oxygens (including phenoxy) is 2. The number of rotatable bonds is 18. The van der Waals surface area contributed by atoms with Gasteiger partial charge in [-0.1, -0.05) is 42.5 Å². The number of hydrogen-bond acceptors (Lipinski definition) is 6. The van der Waals surface area contributed by atoms with Crippen molar-refractivity contribution in [3.63, 3.8) is 0 Å². The van der Waals surface area contributed by atoms with Crippen LogP contribution in [0.1, 0.15) is 31.7 Å². The zero-order chi connectivity index (χ0) is 25.2. The van der Waals surface area contributed by atoms with Crippen molar-refractivity contribution in [2.75, 3.05) is 32.9 Å². The minimum atomic E-state index is -0.578. The molecule has 1 aromatic rings. The molecule has 0 saturated carbocycles. The second kappa shape index (κ2) is 17.5. The maximum Gasteiger partial charge on any atom is 0.309 e. The molecule has 0 aromatic heterocycles. The largest absolute Gasteiger partial charge is 0.461 e. The predicted molar refractivity (Wildman–Crippen MR) is 131 cm³/mol. The molecule has 0 heterocycles. The van der Waals surface area contributed by atoms with Crippen molar-refractivity contribution in [1.29, 1.82) is 0 Å².